The van der Waals surface area contributed by atoms with Gasteiger partial charge in [-0.15, -0.1) is 11.3 Å². The second-order valence-electron chi connectivity index (χ2n) is 5.54. The van der Waals surface area contributed by atoms with Gasteiger partial charge in [0.25, 0.3) is 5.56 Å². The van der Waals surface area contributed by atoms with Crippen molar-refractivity contribution in [1.82, 2.24) is 14.4 Å². The Bertz CT molecular complexity index is 1200. The summed E-state index contributed by atoms with van der Waals surface area (Å²) in [6.07, 6.45) is 8.88. The number of nitrogens with zero attached hydrogens (tertiary/aromatic N) is 4. The van der Waals surface area contributed by atoms with Crippen molar-refractivity contribution in [2.75, 3.05) is 0 Å². The minimum atomic E-state index is -0.133. The highest BCUT2D eigenvalue weighted by Crippen LogP contribution is 2.23. The van der Waals surface area contributed by atoms with Gasteiger partial charge in [-0.05, 0) is 35.4 Å². The molecule has 0 saturated heterocycles. The molecule has 0 bridgehead atoms. The fraction of sp³-hybridized carbons (Fsp3) is 0. The summed E-state index contributed by atoms with van der Waals surface area (Å²) in [5, 5.41) is 10.8. The zero-order valence-electron chi connectivity index (χ0n) is 13.5. The lowest BCUT2D eigenvalue weighted by atomic mass is 10.0. The molecule has 1 aromatic carbocycles. The summed E-state index contributed by atoms with van der Waals surface area (Å²) < 4.78 is 1.54. The van der Waals surface area contributed by atoms with Crippen molar-refractivity contribution in [1.29, 1.82) is 5.26 Å². The maximum atomic E-state index is 13.0. The van der Waals surface area contributed by atoms with Gasteiger partial charge in [-0.25, -0.2) is 4.98 Å². The maximum absolute atomic E-state index is 13.0. The molecule has 5 nitrogen and oxygen atoms in total. The van der Waals surface area contributed by atoms with Gasteiger partial charge in [0, 0.05) is 24.0 Å². The topological polar surface area (TPSA) is 71.1 Å². The molecule has 0 N–H and O–H groups in total. The Morgan fingerprint density at radius 3 is 2.73 bits per heavy atom. The SMILES string of the molecule is N#Cc1ccc(-c2c(/C=C/c3cccnc3)nc3sccn3c2=O)cc1. The van der Waals surface area contributed by atoms with Crippen LogP contribution in [0.5, 0.6) is 0 Å². The largest absolute Gasteiger partial charge is 0.268 e. The van der Waals surface area contributed by atoms with Crippen molar-refractivity contribution in [2.24, 2.45) is 0 Å². The molecule has 0 saturated carbocycles. The molecule has 0 aliphatic heterocycles. The molecule has 4 rings (SSSR count). The molecule has 0 spiro atoms. The van der Waals surface area contributed by atoms with Crippen molar-refractivity contribution >= 4 is 28.4 Å². The molecule has 0 radical (unpaired) electrons. The molecule has 0 fully saturated rings. The first kappa shape index (κ1) is 15.9. The minimum Gasteiger partial charge on any atom is -0.268 e. The highest BCUT2D eigenvalue weighted by Gasteiger charge is 2.14. The first-order valence-electron chi connectivity index (χ1n) is 7.85. The summed E-state index contributed by atoms with van der Waals surface area (Å²) in [6.45, 7) is 0. The van der Waals surface area contributed by atoms with E-state index in [0.717, 1.165) is 11.1 Å². The molecule has 0 unspecified atom stereocenters. The lowest BCUT2D eigenvalue weighted by molar-refractivity contribution is 1.07. The van der Waals surface area contributed by atoms with E-state index in [1.807, 2.05) is 29.7 Å². The number of hydrogen-bond acceptors (Lipinski definition) is 5. The van der Waals surface area contributed by atoms with Gasteiger partial charge in [0.15, 0.2) is 4.96 Å². The molecular weight excluding hydrogens is 344 g/mol. The van der Waals surface area contributed by atoms with Crippen LogP contribution in [0.4, 0.5) is 0 Å². The number of thiazole rings is 1. The number of nitriles is 1. The van der Waals surface area contributed by atoms with Crippen LogP contribution >= 0.6 is 11.3 Å². The zero-order chi connectivity index (χ0) is 17.9. The van der Waals surface area contributed by atoms with E-state index in [4.69, 9.17) is 5.26 Å². The Kier molecular flexibility index (Phi) is 4.14. The van der Waals surface area contributed by atoms with Crippen LogP contribution in [-0.4, -0.2) is 14.4 Å². The second-order valence-corrected chi connectivity index (χ2v) is 6.41. The average molecular weight is 356 g/mol. The third-order valence-electron chi connectivity index (χ3n) is 3.92. The van der Waals surface area contributed by atoms with E-state index < -0.39 is 0 Å². The molecular formula is C20H12N4OS. The van der Waals surface area contributed by atoms with Crippen LogP contribution in [0.1, 0.15) is 16.8 Å². The minimum absolute atomic E-state index is 0.133. The molecule has 0 aliphatic rings. The third-order valence-corrected chi connectivity index (χ3v) is 4.67. The van der Waals surface area contributed by atoms with Crippen molar-refractivity contribution in [2.45, 2.75) is 0 Å². The van der Waals surface area contributed by atoms with Crippen LogP contribution in [0.2, 0.25) is 0 Å². The van der Waals surface area contributed by atoms with Crippen LogP contribution in [0.25, 0.3) is 28.2 Å². The molecule has 26 heavy (non-hydrogen) atoms. The predicted molar refractivity (Wildman–Crippen MR) is 103 cm³/mol. The van der Waals surface area contributed by atoms with Gasteiger partial charge < -0.3 is 0 Å². The van der Waals surface area contributed by atoms with Crippen LogP contribution in [0.15, 0.2) is 65.2 Å². The van der Waals surface area contributed by atoms with Gasteiger partial charge in [0.2, 0.25) is 0 Å². The molecule has 3 heterocycles. The number of aromatic nitrogens is 3. The highest BCUT2D eigenvalue weighted by atomic mass is 32.1. The number of benzene rings is 1. The third kappa shape index (κ3) is 2.92. The smallest absolute Gasteiger partial charge is 0.266 e. The molecule has 4 aromatic rings. The number of hydrogen-bond donors (Lipinski definition) is 0. The molecule has 0 atom stereocenters. The Morgan fingerprint density at radius 1 is 1.15 bits per heavy atom. The summed E-state index contributed by atoms with van der Waals surface area (Å²) in [6, 6.07) is 12.8. The Labute approximate surface area is 153 Å². The summed E-state index contributed by atoms with van der Waals surface area (Å²) in [5.74, 6) is 0. The summed E-state index contributed by atoms with van der Waals surface area (Å²) in [7, 11) is 0. The van der Waals surface area contributed by atoms with Crippen molar-refractivity contribution < 1.29 is 0 Å². The highest BCUT2D eigenvalue weighted by molar-refractivity contribution is 7.15. The molecule has 3 aromatic heterocycles. The number of rotatable bonds is 3. The quantitative estimate of drug-likeness (QED) is 0.559. The molecule has 6 heteroatoms. The first-order chi connectivity index (χ1) is 12.8. The fourth-order valence-corrected chi connectivity index (χ4v) is 3.36. The second kappa shape index (κ2) is 6.75. The van der Waals surface area contributed by atoms with Crippen molar-refractivity contribution in [3.05, 3.63) is 87.5 Å². The van der Waals surface area contributed by atoms with E-state index >= 15 is 0 Å². The van der Waals surface area contributed by atoms with Gasteiger partial charge in [0.1, 0.15) is 0 Å². The van der Waals surface area contributed by atoms with Crippen molar-refractivity contribution in [3.63, 3.8) is 0 Å². The van der Waals surface area contributed by atoms with Gasteiger partial charge in [0.05, 0.1) is 22.9 Å². The van der Waals surface area contributed by atoms with Crippen LogP contribution < -0.4 is 5.56 Å². The van der Waals surface area contributed by atoms with Crippen LogP contribution in [0, 0.1) is 11.3 Å². The Morgan fingerprint density at radius 2 is 2.00 bits per heavy atom. The monoisotopic (exact) mass is 356 g/mol. The average Bonchev–Trinajstić information content (AvgIpc) is 3.16. The van der Waals surface area contributed by atoms with Gasteiger partial charge >= 0.3 is 0 Å². The van der Waals surface area contributed by atoms with Gasteiger partial charge in [-0.3, -0.25) is 14.2 Å². The molecule has 0 amide bonds. The predicted octanol–water partition coefficient (Wildman–Crippen LogP) is 3.86. The summed E-state index contributed by atoms with van der Waals surface area (Å²) >= 11 is 1.41. The van der Waals surface area contributed by atoms with Gasteiger partial charge in [-0.2, -0.15) is 5.26 Å². The summed E-state index contributed by atoms with van der Waals surface area (Å²) in [5.41, 5.74) is 3.16. The number of pyridine rings is 1. The van der Waals surface area contributed by atoms with E-state index in [0.29, 0.717) is 21.8 Å². The normalized spacial score (nSPS) is 11.0. The lowest BCUT2D eigenvalue weighted by Gasteiger charge is -2.06. The van der Waals surface area contributed by atoms with E-state index in [1.165, 1.54) is 11.3 Å². The Balaban J connectivity index is 1.91. The van der Waals surface area contributed by atoms with E-state index in [-0.39, 0.29) is 5.56 Å². The molecule has 0 aliphatic carbocycles. The van der Waals surface area contributed by atoms with E-state index in [2.05, 4.69) is 16.0 Å². The lowest BCUT2D eigenvalue weighted by Crippen LogP contribution is -2.16. The van der Waals surface area contributed by atoms with Gasteiger partial charge in [-0.1, -0.05) is 24.3 Å². The fourth-order valence-electron chi connectivity index (χ4n) is 2.65. The molecule has 124 valence electrons. The zero-order valence-corrected chi connectivity index (χ0v) is 14.4. The van der Waals surface area contributed by atoms with Crippen LogP contribution in [-0.2, 0) is 0 Å². The first-order valence-corrected chi connectivity index (χ1v) is 8.73. The standard InChI is InChI=1S/C20H12N4OS/c21-12-14-3-6-16(7-4-14)18-17(8-5-15-2-1-9-22-13-15)23-20-24(19(18)25)10-11-26-20/h1-11,13H/b8-5+. The van der Waals surface area contributed by atoms with E-state index in [9.17, 15) is 4.79 Å². The Hall–Kier alpha value is -3.56. The maximum Gasteiger partial charge on any atom is 0.266 e. The summed E-state index contributed by atoms with van der Waals surface area (Å²) in [4.78, 5) is 22.4. The van der Waals surface area contributed by atoms with Crippen LogP contribution in [0.3, 0.4) is 0 Å². The number of fused-ring (bicyclic) bond motifs is 1. The van der Waals surface area contributed by atoms with Crippen molar-refractivity contribution in [3.8, 4) is 17.2 Å². The van der Waals surface area contributed by atoms with E-state index in [1.54, 1.807) is 47.3 Å².